The molecule has 0 bridgehead atoms. The number of aromatic nitrogens is 1. The van der Waals surface area contributed by atoms with Crippen molar-refractivity contribution in [2.75, 3.05) is 39.9 Å². The monoisotopic (exact) mass is 261 g/mol. The van der Waals surface area contributed by atoms with Gasteiger partial charge in [-0.2, -0.15) is 0 Å². The van der Waals surface area contributed by atoms with E-state index < -0.39 is 0 Å². The summed E-state index contributed by atoms with van der Waals surface area (Å²) < 4.78 is 5.30. The van der Waals surface area contributed by atoms with Gasteiger partial charge in [0, 0.05) is 38.6 Å². The van der Waals surface area contributed by atoms with E-state index in [1.54, 1.807) is 6.20 Å². The van der Waals surface area contributed by atoms with E-state index in [2.05, 4.69) is 16.9 Å². The van der Waals surface area contributed by atoms with Crippen LogP contribution in [0.3, 0.4) is 0 Å². The first-order chi connectivity index (χ1) is 9.25. The first-order valence-electron chi connectivity index (χ1n) is 6.77. The second-order valence-electron chi connectivity index (χ2n) is 5.22. The molecule has 0 spiro atoms. The average molecular weight is 261 g/mol. The molecule has 3 heterocycles. The molecule has 1 amide bonds. The number of hydrogen-bond donors (Lipinski definition) is 0. The lowest BCUT2D eigenvalue weighted by atomic mass is 9.96. The smallest absolute Gasteiger partial charge is 0.255 e. The number of pyridine rings is 1. The van der Waals surface area contributed by atoms with Crippen molar-refractivity contribution in [3.63, 3.8) is 0 Å². The van der Waals surface area contributed by atoms with Gasteiger partial charge in [-0.3, -0.25) is 9.78 Å². The van der Waals surface area contributed by atoms with Gasteiger partial charge in [0.15, 0.2) is 0 Å². The van der Waals surface area contributed by atoms with E-state index in [1.807, 2.05) is 11.1 Å². The predicted molar refractivity (Wildman–Crippen MR) is 71.0 cm³/mol. The molecule has 3 rings (SSSR count). The number of nitrogens with zero attached hydrogens (tertiary/aromatic N) is 3. The maximum absolute atomic E-state index is 12.6. The summed E-state index contributed by atoms with van der Waals surface area (Å²) in [7, 11) is 2.10. The maximum Gasteiger partial charge on any atom is 0.255 e. The fourth-order valence-electron chi connectivity index (χ4n) is 2.76. The molecule has 5 heteroatoms. The second kappa shape index (κ2) is 5.27. The van der Waals surface area contributed by atoms with E-state index in [-0.39, 0.29) is 5.91 Å². The molecule has 0 saturated carbocycles. The molecule has 2 aliphatic heterocycles. The van der Waals surface area contributed by atoms with Crippen LogP contribution in [0.15, 0.2) is 12.4 Å². The zero-order valence-electron chi connectivity index (χ0n) is 11.3. The number of rotatable bonds is 1. The summed E-state index contributed by atoms with van der Waals surface area (Å²) in [5, 5.41) is 0. The second-order valence-corrected chi connectivity index (χ2v) is 5.22. The molecular weight excluding hydrogens is 242 g/mol. The van der Waals surface area contributed by atoms with Gasteiger partial charge in [0.2, 0.25) is 0 Å². The van der Waals surface area contributed by atoms with E-state index in [4.69, 9.17) is 4.74 Å². The molecule has 19 heavy (non-hydrogen) atoms. The van der Waals surface area contributed by atoms with Crippen LogP contribution >= 0.6 is 0 Å². The third kappa shape index (κ3) is 2.48. The Labute approximate surface area is 113 Å². The minimum absolute atomic E-state index is 0.109. The number of amides is 1. The number of carbonyl (C=O) groups is 1. The van der Waals surface area contributed by atoms with Gasteiger partial charge in [0.25, 0.3) is 5.91 Å². The van der Waals surface area contributed by atoms with Crippen LogP contribution in [0.2, 0.25) is 0 Å². The Morgan fingerprint density at radius 3 is 2.84 bits per heavy atom. The van der Waals surface area contributed by atoms with Crippen LogP contribution in [0.4, 0.5) is 0 Å². The number of likely N-dealkylation sites (N-methyl/N-ethyl adjacent to an activating group) is 1. The Kier molecular flexibility index (Phi) is 3.48. The molecule has 2 aliphatic rings. The van der Waals surface area contributed by atoms with E-state index in [0.29, 0.717) is 26.3 Å². The van der Waals surface area contributed by atoms with Gasteiger partial charge >= 0.3 is 0 Å². The van der Waals surface area contributed by atoms with Crippen molar-refractivity contribution in [2.45, 2.75) is 13.0 Å². The van der Waals surface area contributed by atoms with Gasteiger partial charge < -0.3 is 14.5 Å². The first kappa shape index (κ1) is 12.6. The Morgan fingerprint density at radius 1 is 1.26 bits per heavy atom. The molecule has 102 valence electrons. The van der Waals surface area contributed by atoms with Crippen LogP contribution in [0.1, 0.15) is 21.5 Å². The summed E-state index contributed by atoms with van der Waals surface area (Å²) >= 11 is 0. The summed E-state index contributed by atoms with van der Waals surface area (Å²) in [4.78, 5) is 20.9. The number of ether oxygens (including phenoxy) is 1. The number of hydrogen-bond acceptors (Lipinski definition) is 4. The highest BCUT2D eigenvalue weighted by Gasteiger charge is 2.24. The number of morpholine rings is 1. The van der Waals surface area contributed by atoms with Crippen LogP contribution in [0.25, 0.3) is 0 Å². The Bertz CT molecular complexity index is 484. The van der Waals surface area contributed by atoms with Gasteiger partial charge in [-0.15, -0.1) is 0 Å². The third-order valence-electron chi connectivity index (χ3n) is 3.86. The molecule has 1 fully saturated rings. The van der Waals surface area contributed by atoms with Crippen molar-refractivity contribution in [3.8, 4) is 0 Å². The molecular formula is C14H19N3O2. The van der Waals surface area contributed by atoms with Crippen molar-refractivity contribution in [3.05, 3.63) is 29.1 Å². The highest BCUT2D eigenvalue weighted by Crippen LogP contribution is 2.22. The highest BCUT2D eigenvalue weighted by molar-refractivity contribution is 5.95. The average Bonchev–Trinajstić information content (AvgIpc) is 2.46. The Hall–Kier alpha value is -1.46. The summed E-state index contributed by atoms with van der Waals surface area (Å²) in [5.74, 6) is 0.109. The van der Waals surface area contributed by atoms with Crippen LogP contribution < -0.4 is 0 Å². The van der Waals surface area contributed by atoms with E-state index in [1.165, 1.54) is 11.1 Å². The molecule has 5 nitrogen and oxygen atoms in total. The summed E-state index contributed by atoms with van der Waals surface area (Å²) in [6.45, 7) is 4.52. The third-order valence-corrected chi connectivity index (χ3v) is 3.86. The van der Waals surface area contributed by atoms with Gasteiger partial charge in [0.05, 0.1) is 18.8 Å². The molecule has 0 unspecified atom stereocenters. The first-order valence-corrected chi connectivity index (χ1v) is 6.77. The molecule has 0 radical (unpaired) electrons. The normalized spacial score (nSPS) is 20.2. The lowest BCUT2D eigenvalue weighted by molar-refractivity contribution is 0.0301. The Morgan fingerprint density at radius 2 is 2.05 bits per heavy atom. The molecule has 1 saturated heterocycles. The predicted octanol–water partition coefficient (Wildman–Crippen LogP) is 0.542. The summed E-state index contributed by atoms with van der Waals surface area (Å²) in [6.07, 6.45) is 4.54. The number of fused-ring (bicyclic) bond motifs is 1. The molecule has 0 N–H and O–H groups in total. The minimum Gasteiger partial charge on any atom is -0.378 e. The van der Waals surface area contributed by atoms with Crippen molar-refractivity contribution in [1.82, 2.24) is 14.8 Å². The highest BCUT2D eigenvalue weighted by atomic mass is 16.5. The van der Waals surface area contributed by atoms with E-state index in [9.17, 15) is 4.79 Å². The molecule has 0 atom stereocenters. The molecule has 1 aromatic rings. The van der Waals surface area contributed by atoms with Crippen LogP contribution in [-0.2, 0) is 17.7 Å². The Balaban J connectivity index is 1.88. The number of carbonyl (C=O) groups excluding carboxylic acids is 1. The summed E-state index contributed by atoms with van der Waals surface area (Å²) in [5.41, 5.74) is 3.16. The zero-order valence-corrected chi connectivity index (χ0v) is 11.3. The van der Waals surface area contributed by atoms with Crippen molar-refractivity contribution < 1.29 is 9.53 Å². The minimum atomic E-state index is 0.109. The molecule has 0 aromatic carbocycles. The lowest BCUT2D eigenvalue weighted by Crippen LogP contribution is -2.41. The van der Waals surface area contributed by atoms with Crippen molar-refractivity contribution >= 4 is 5.91 Å². The van der Waals surface area contributed by atoms with Crippen molar-refractivity contribution in [2.24, 2.45) is 0 Å². The van der Waals surface area contributed by atoms with E-state index >= 15 is 0 Å². The standard InChI is InChI=1S/C14H19N3O2/c1-16-3-2-12-11(10-16)8-15-9-13(12)14(18)17-4-6-19-7-5-17/h8-9H,2-7,10H2,1H3. The van der Waals surface area contributed by atoms with Gasteiger partial charge in [-0.1, -0.05) is 0 Å². The van der Waals surface area contributed by atoms with Gasteiger partial charge in [0.1, 0.15) is 0 Å². The SMILES string of the molecule is CN1CCc2c(cncc2C(=O)N2CCOCC2)C1. The molecule has 0 aliphatic carbocycles. The fourth-order valence-corrected chi connectivity index (χ4v) is 2.76. The topological polar surface area (TPSA) is 45.7 Å². The van der Waals surface area contributed by atoms with Crippen LogP contribution in [-0.4, -0.2) is 60.6 Å². The fraction of sp³-hybridized carbons (Fsp3) is 0.571. The lowest BCUT2D eigenvalue weighted by Gasteiger charge is -2.30. The largest absolute Gasteiger partial charge is 0.378 e. The van der Waals surface area contributed by atoms with Crippen LogP contribution in [0, 0.1) is 0 Å². The van der Waals surface area contributed by atoms with Crippen molar-refractivity contribution in [1.29, 1.82) is 0 Å². The van der Waals surface area contributed by atoms with Gasteiger partial charge in [-0.05, 0) is 24.6 Å². The van der Waals surface area contributed by atoms with E-state index in [0.717, 1.165) is 25.1 Å². The zero-order chi connectivity index (χ0) is 13.2. The quantitative estimate of drug-likeness (QED) is 0.740. The molecule has 1 aromatic heterocycles. The van der Waals surface area contributed by atoms with Gasteiger partial charge in [-0.25, -0.2) is 0 Å². The van der Waals surface area contributed by atoms with Crippen LogP contribution in [0.5, 0.6) is 0 Å². The summed E-state index contributed by atoms with van der Waals surface area (Å²) in [6, 6.07) is 0. The maximum atomic E-state index is 12.6.